The van der Waals surface area contributed by atoms with Gasteiger partial charge in [0.05, 0.1) is 27.8 Å². The van der Waals surface area contributed by atoms with Gasteiger partial charge in [0.25, 0.3) is 0 Å². The Bertz CT molecular complexity index is 1330. The number of benzene rings is 2. The second kappa shape index (κ2) is 10.2. The number of esters is 1. The molecule has 1 N–H and O–H groups in total. The SMILES string of the molecule is COC(=O)C[C@H]1c2cc(OC)c(OC)cc2CCN1Cc1cc(=O)oc2cc(NC(C)=O)ccc12. The van der Waals surface area contributed by atoms with Gasteiger partial charge in [0.2, 0.25) is 5.91 Å². The number of fused-ring (bicyclic) bond motifs is 2. The van der Waals surface area contributed by atoms with Crippen molar-refractivity contribution in [2.45, 2.75) is 32.4 Å². The van der Waals surface area contributed by atoms with Crippen molar-refractivity contribution >= 4 is 28.5 Å². The first-order valence-corrected chi connectivity index (χ1v) is 11.2. The van der Waals surface area contributed by atoms with Crippen LogP contribution in [0.15, 0.2) is 45.6 Å². The van der Waals surface area contributed by atoms with Gasteiger partial charge in [0.15, 0.2) is 11.5 Å². The zero-order valence-corrected chi connectivity index (χ0v) is 20.2. The van der Waals surface area contributed by atoms with Gasteiger partial charge in [0, 0.05) is 49.3 Å². The number of rotatable bonds is 7. The minimum absolute atomic E-state index is 0.144. The van der Waals surface area contributed by atoms with E-state index in [9.17, 15) is 14.4 Å². The first kappa shape index (κ1) is 24.3. The van der Waals surface area contributed by atoms with E-state index in [2.05, 4.69) is 10.2 Å². The molecule has 0 spiro atoms. The fraction of sp³-hybridized carbons (Fsp3) is 0.346. The molecule has 0 saturated carbocycles. The molecule has 0 unspecified atom stereocenters. The van der Waals surface area contributed by atoms with Crippen LogP contribution in [0.3, 0.4) is 0 Å². The molecule has 2 aromatic carbocycles. The van der Waals surface area contributed by atoms with Gasteiger partial charge in [-0.25, -0.2) is 4.79 Å². The molecule has 1 aromatic heterocycles. The third kappa shape index (κ3) is 5.14. The number of ether oxygens (including phenoxy) is 3. The van der Waals surface area contributed by atoms with Crippen LogP contribution in [0.5, 0.6) is 11.5 Å². The zero-order valence-electron chi connectivity index (χ0n) is 20.2. The van der Waals surface area contributed by atoms with Gasteiger partial charge in [-0.2, -0.15) is 0 Å². The standard InChI is InChI=1S/C26H28N2O7/c1-15(29)27-18-5-6-19-17(10-26(31)35-22(19)11-18)14-28-8-7-16-9-23(32-2)24(33-3)12-20(16)21(28)13-25(30)34-4/h5-6,9-12,21H,7-8,13-14H2,1-4H3,(H,27,29)/t21-/m0/s1. The molecule has 1 aliphatic rings. The fourth-order valence-electron chi connectivity index (χ4n) is 4.61. The van der Waals surface area contributed by atoms with Crippen LogP contribution in [0.4, 0.5) is 5.69 Å². The minimum Gasteiger partial charge on any atom is -0.493 e. The van der Waals surface area contributed by atoms with Crippen molar-refractivity contribution in [3.05, 3.63) is 63.5 Å². The number of methoxy groups -OCH3 is 3. The number of hydrogen-bond acceptors (Lipinski definition) is 8. The molecule has 1 aliphatic heterocycles. The Labute approximate surface area is 202 Å². The van der Waals surface area contributed by atoms with Gasteiger partial charge in [-0.1, -0.05) is 0 Å². The average Bonchev–Trinajstić information content (AvgIpc) is 2.83. The predicted octanol–water partition coefficient (Wildman–Crippen LogP) is 3.43. The molecule has 1 atom stereocenters. The van der Waals surface area contributed by atoms with E-state index >= 15 is 0 Å². The molecule has 3 aromatic rings. The molecular formula is C26H28N2O7. The molecule has 1 amide bonds. The maximum atomic E-state index is 12.4. The number of nitrogens with zero attached hydrogens (tertiary/aromatic N) is 1. The highest BCUT2D eigenvalue weighted by molar-refractivity contribution is 5.92. The van der Waals surface area contributed by atoms with Crippen molar-refractivity contribution in [1.82, 2.24) is 4.90 Å². The molecule has 4 rings (SSSR count). The zero-order chi connectivity index (χ0) is 25.1. The maximum absolute atomic E-state index is 12.4. The summed E-state index contributed by atoms with van der Waals surface area (Å²) in [4.78, 5) is 38.3. The summed E-state index contributed by atoms with van der Waals surface area (Å²) in [5, 5.41) is 3.46. The van der Waals surface area contributed by atoms with E-state index in [1.165, 1.54) is 20.1 Å². The number of anilines is 1. The summed E-state index contributed by atoms with van der Waals surface area (Å²) in [6.45, 7) is 2.49. The summed E-state index contributed by atoms with van der Waals surface area (Å²) < 4.78 is 21.3. The molecule has 0 fully saturated rings. The van der Waals surface area contributed by atoms with Crippen molar-refractivity contribution in [3.8, 4) is 11.5 Å². The number of nitrogens with one attached hydrogen (secondary N) is 1. The number of hydrogen-bond donors (Lipinski definition) is 1. The van der Waals surface area contributed by atoms with Gasteiger partial charge < -0.3 is 23.9 Å². The summed E-state index contributed by atoms with van der Waals surface area (Å²) in [6.07, 6.45) is 0.879. The maximum Gasteiger partial charge on any atom is 0.336 e. The molecular weight excluding hydrogens is 452 g/mol. The van der Waals surface area contributed by atoms with Gasteiger partial charge in [0.1, 0.15) is 5.58 Å². The molecule has 9 heteroatoms. The lowest BCUT2D eigenvalue weighted by Crippen LogP contribution is -2.36. The van der Waals surface area contributed by atoms with Gasteiger partial charge in [-0.05, 0) is 47.4 Å². The van der Waals surface area contributed by atoms with Gasteiger partial charge in [-0.3, -0.25) is 14.5 Å². The van der Waals surface area contributed by atoms with Crippen molar-refractivity contribution in [1.29, 1.82) is 0 Å². The van der Waals surface area contributed by atoms with Crippen LogP contribution in [-0.4, -0.2) is 44.7 Å². The quantitative estimate of drug-likeness (QED) is 0.405. The van der Waals surface area contributed by atoms with Crippen LogP contribution < -0.4 is 20.4 Å². The van der Waals surface area contributed by atoms with Gasteiger partial charge in [-0.15, -0.1) is 0 Å². The van der Waals surface area contributed by atoms with E-state index in [4.69, 9.17) is 18.6 Å². The van der Waals surface area contributed by atoms with E-state index in [0.717, 1.165) is 28.5 Å². The summed E-state index contributed by atoms with van der Waals surface area (Å²) >= 11 is 0. The normalized spacial score (nSPS) is 15.4. The molecule has 184 valence electrons. The Balaban J connectivity index is 1.74. The summed E-state index contributed by atoms with van der Waals surface area (Å²) in [6, 6.07) is 10.3. The van der Waals surface area contributed by atoms with E-state index in [-0.39, 0.29) is 24.3 Å². The largest absolute Gasteiger partial charge is 0.493 e. The lowest BCUT2D eigenvalue weighted by atomic mass is 9.89. The van der Waals surface area contributed by atoms with Crippen molar-refractivity contribution in [2.24, 2.45) is 0 Å². The molecule has 0 bridgehead atoms. The summed E-state index contributed by atoms with van der Waals surface area (Å²) in [7, 11) is 4.53. The Kier molecular flexibility index (Phi) is 7.07. The third-order valence-corrected chi connectivity index (χ3v) is 6.23. The molecule has 9 nitrogen and oxygen atoms in total. The third-order valence-electron chi connectivity index (χ3n) is 6.23. The van der Waals surface area contributed by atoms with Crippen LogP contribution in [0.25, 0.3) is 11.0 Å². The fourth-order valence-corrected chi connectivity index (χ4v) is 4.61. The van der Waals surface area contributed by atoms with Crippen LogP contribution in [0, 0.1) is 0 Å². The van der Waals surface area contributed by atoms with E-state index in [0.29, 0.717) is 35.9 Å². The number of carbonyl (C=O) groups excluding carboxylic acids is 2. The number of amides is 1. The highest BCUT2D eigenvalue weighted by Crippen LogP contribution is 2.40. The lowest BCUT2D eigenvalue weighted by molar-refractivity contribution is -0.142. The smallest absolute Gasteiger partial charge is 0.336 e. The van der Waals surface area contributed by atoms with Crippen LogP contribution >= 0.6 is 0 Å². The molecule has 2 heterocycles. The van der Waals surface area contributed by atoms with Crippen LogP contribution in [0.2, 0.25) is 0 Å². The van der Waals surface area contributed by atoms with E-state index in [1.807, 2.05) is 18.2 Å². The molecule has 0 saturated heterocycles. The van der Waals surface area contributed by atoms with Gasteiger partial charge >= 0.3 is 11.6 Å². The Morgan fingerprint density at radius 1 is 1.09 bits per heavy atom. The van der Waals surface area contributed by atoms with E-state index < -0.39 is 5.63 Å². The van der Waals surface area contributed by atoms with Crippen molar-refractivity contribution in [2.75, 3.05) is 33.2 Å². The lowest BCUT2D eigenvalue weighted by Gasteiger charge is -2.37. The van der Waals surface area contributed by atoms with Crippen molar-refractivity contribution < 1.29 is 28.2 Å². The van der Waals surface area contributed by atoms with Crippen molar-refractivity contribution in [3.63, 3.8) is 0 Å². The molecule has 35 heavy (non-hydrogen) atoms. The number of carbonyl (C=O) groups is 2. The van der Waals surface area contributed by atoms with Crippen LogP contribution in [-0.2, 0) is 27.3 Å². The topological polar surface area (TPSA) is 107 Å². The minimum atomic E-state index is -0.485. The highest BCUT2D eigenvalue weighted by atomic mass is 16.5. The summed E-state index contributed by atoms with van der Waals surface area (Å²) in [5.41, 5.74) is 3.24. The summed E-state index contributed by atoms with van der Waals surface area (Å²) in [5.74, 6) is 0.671. The first-order chi connectivity index (χ1) is 16.8. The Hall–Kier alpha value is -3.85. The Morgan fingerprint density at radius 2 is 1.83 bits per heavy atom. The Morgan fingerprint density at radius 3 is 2.51 bits per heavy atom. The van der Waals surface area contributed by atoms with Crippen LogP contribution in [0.1, 0.15) is 36.1 Å². The van der Waals surface area contributed by atoms with E-state index in [1.54, 1.807) is 26.4 Å². The molecule has 0 radical (unpaired) electrons. The second-order valence-corrected chi connectivity index (χ2v) is 8.41. The average molecular weight is 481 g/mol. The second-order valence-electron chi connectivity index (χ2n) is 8.41. The highest BCUT2D eigenvalue weighted by Gasteiger charge is 2.31. The molecule has 0 aliphatic carbocycles. The first-order valence-electron chi connectivity index (χ1n) is 11.2. The predicted molar refractivity (Wildman–Crippen MR) is 130 cm³/mol. The monoisotopic (exact) mass is 480 g/mol.